The van der Waals surface area contributed by atoms with Gasteiger partial charge in [0.1, 0.15) is 0 Å². The van der Waals surface area contributed by atoms with Crippen LogP contribution in [0.15, 0.2) is 24.3 Å². The molecule has 0 amide bonds. The second-order valence-electron chi connectivity index (χ2n) is 4.97. The van der Waals surface area contributed by atoms with Crippen molar-refractivity contribution in [1.29, 1.82) is 0 Å². The molecule has 1 heterocycles. The van der Waals surface area contributed by atoms with Gasteiger partial charge in [-0.25, -0.2) is 0 Å². The molecule has 0 aliphatic carbocycles. The fourth-order valence-corrected chi connectivity index (χ4v) is 2.19. The Morgan fingerprint density at radius 2 is 1.75 bits per heavy atom. The predicted octanol–water partition coefficient (Wildman–Crippen LogP) is 2.65. The molecule has 0 atom stereocenters. The van der Waals surface area contributed by atoms with Crippen LogP contribution in [0.3, 0.4) is 0 Å². The first-order valence-corrected chi connectivity index (χ1v) is 6.91. The summed E-state index contributed by atoms with van der Waals surface area (Å²) in [6, 6.07) is 8.74. The van der Waals surface area contributed by atoms with Crippen molar-refractivity contribution in [3.05, 3.63) is 35.4 Å². The number of nitrogens with one attached hydrogen (secondary N) is 1. The summed E-state index contributed by atoms with van der Waals surface area (Å²) < 4.78 is 5.34. The minimum Gasteiger partial charge on any atom is -0.379 e. The molecule has 1 saturated heterocycles. The smallest absolute Gasteiger partial charge is 0.0594 e. The molecule has 2 rings (SSSR count). The predicted molar refractivity (Wildman–Crippen MR) is 89.3 cm³/mol. The van der Waals surface area contributed by atoms with Crippen molar-refractivity contribution in [2.24, 2.45) is 0 Å². The average Bonchev–Trinajstić information content (AvgIpc) is 2.42. The fourth-order valence-electron chi connectivity index (χ4n) is 2.19. The van der Waals surface area contributed by atoms with Gasteiger partial charge in [0.05, 0.1) is 13.2 Å². The van der Waals surface area contributed by atoms with Crippen molar-refractivity contribution in [3.63, 3.8) is 0 Å². The highest BCUT2D eigenvalue weighted by atomic mass is 35.5. The second-order valence-corrected chi connectivity index (χ2v) is 4.97. The van der Waals surface area contributed by atoms with E-state index in [9.17, 15) is 0 Å². The third-order valence-corrected chi connectivity index (χ3v) is 3.38. The number of benzene rings is 1. The van der Waals surface area contributed by atoms with Crippen LogP contribution in [0, 0.1) is 6.92 Å². The first-order valence-electron chi connectivity index (χ1n) is 6.91. The number of nitrogens with zero attached hydrogens (tertiary/aromatic N) is 1. The minimum absolute atomic E-state index is 0. The van der Waals surface area contributed by atoms with Gasteiger partial charge in [-0.3, -0.25) is 4.90 Å². The number of hydrogen-bond acceptors (Lipinski definition) is 3. The number of rotatable bonds is 6. The van der Waals surface area contributed by atoms with E-state index < -0.39 is 0 Å². The van der Waals surface area contributed by atoms with Crippen LogP contribution < -0.4 is 5.32 Å². The molecule has 0 saturated carbocycles. The van der Waals surface area contributed by atoms with Crippen LogP contribution in [0.25, 0.3) is 0 Å². The summed E-state index contributed by atoms with van der Waals surface area (Å²) in [5.41, 5.74) is 2.69. The number of morpholine rings is 1. The summed E-state index contributed by atoms with van der Waals surface area (Å²) in [7, 11) is 0. The van der Waals surface area contributed by atoms with E-state index in [1.807, 2.05) is 0 Å². The van der Waals surface area contributed by atoms with Crippen LogP contribution in [-0.2, 0) is 11.3 Å². The summed E-state index contributed by atoms with van der Waals surface area (Å²) in [5.74, 6) is 0. The molecular weight excluding hydrogens is 295 g/mol. The van der Waals surface area contributed by atoms with E-state index in [1.165, 1.54) is 24.1 Å². The lowest BCUT2D eigenvalue weighted by atomic mass is 10.1. The summed E-state index contributed by atoms with van der Waals surface area (Å²) in [5, 5.41) is 3.50. The van der Waals surface area contributed by atoms with Crippen molar-refractivity contribution in [2.75, 3.05) is 39.4 Å². The molecule has 1 aliphatic heterocycles. The molecule has 3 nitrogen and oxygen atoms in total. The van der Waals surface area contributed by atoms with Crippen molar-refractivity contribution in [3.8, 4) is 0 Å². The van der Waals surface area contributed by atoms with E-state index in [0.29, 0.717) is 0 Å². The zero-order chi connectivity index (χ0) is 12.6. The molecule has 1 aromatic carbocycles. The molecule has 1 aliphatic rings. The standard InChI is InChI=1S/C15H24N2O.2ClH/c1-14-3-5-15(6-4-14)13-16-7-2-8-17-9-11-18-12-10-17;;/h3-6,16H,2,7-13H2,1H3;2*1H. The Labute approximate surface area is 134 Å². The second kappa shape index (κ2) is 11.4. The zero-order valence-corrected chi connectivity index (χ0v) is 13.8. The molecule has 1 N–H and O–H groups in total. The normalized spacial score (nSPS) is 15.2. The Balaban J connectivity index is 0.00000180. The minimum atomic E-state index is 0. The monoisotopic (exact) mass is 320 g/mol. The van der Waals surface area contributed by atoms with Crippen molar-refractivity contribution in [1.82, 2.24) is 10.2 Å². The van der Waals surface area contributed by atoms with Crippen molar-refractivity contribution >= 4 is 24.8 Å². The zero-order valence-electron chi connectivity index (χ0n) is 12.1. The molecule has 0 aromatic heterocycles. The van der Waals surface area contributed by atoms with Gasteiger partial charge in [0.15, 0.2) is 0 Å². The Kier molecular flexibility index (Phi) is 11.2. The quantitative estimate of drug-likeness (QED) is 0.815. The molecule has 116 valence electrons. The highest BCUT2D eigenvalue weighted by Crippen LogP contribution is 2.02. The van der Waals surface area contributed by atoms with E-state index in [2.05, 4.69) is 41.4 Å². The van der Waals surface area contributed by atoms with Gasteiger partial charge in [0.2, 0.25) is 0 Å². The van der Waals surface area contributed by atoms with Crippen LogP contribution in [0.1, 0.15) is 17.5 Å². The molecular formula is C15H26Cl2N2O. The van der Waals surface area contributed by atoms with Crippen LogP contribution in [0.4, 0.5) is 0 Å². The topological polar surface area (TPSA) is 24.5 Å². The largest absolute Gasteiger partial charge is 0.379 e. The number of hydrogen-bond donors (Lipinski definition) is 1. The van der Waals surface area contributed by atoms with E-state index in [0.717, 1.165) is 39.4 Å². The maximum atomic E-state index is 5.34. The van der Waals surface area contributed by atoms with Crippen molar-refractivity contribution < 1.29 is 4.74 Å². The lowest BCUT2D eigenvalue weighted by Crippen LogP contribution is -2.37. The average molecular weight is 321 g/mol. The molecule has 20 heavy (non-hydrogen) atoms. The van der Waals surface area contributed by atoms with E-state index >= 15 is 0 Å². The lowest BCUT2D eigenvalue weighted by molar-refractivity contribution is 0.0374. The Morgan fingerprint density at radius 3 is 2.40 bits per heavy atom. The molecule has 1 aromatic rings. The Morgan fingerprint density at radius 1 is 1.10 bits per heavy atom. The molecule has 0 spiro atoms. The van der Waals surface area contributed by atoms with Gasteiger partial charge >= 0.3 is 0 Å². The first kappa shape index (κ1) is 19.7. The molecule has 0 bridgehead atoms. The van der Waals surface area contributed by atoms with E-state index in [4.69, 9.17) is 4.74 Å². The summed E-state index contributed by atoms with van der Waals surface area (Å²) >= 11 is 0. The number of ether oxygens (including phenoxy) is 1. The number of aryl methyl sites for hydroxylation is 1. The lowest BCUT2D eigenvalue weighted by Gasteiger charge is -2.26. The van der Waals surface area contributed by atoms with Gasteiger partial charge in [-0.2, -0.15) is 0 Å². The first-order chi connectivity index (χ1) is 8.84. The summed E-state index contributed by atoms with van der Waals surface area (Å²) in [6.45, 7) is 9.36. The van der Waals surface area contributed by atoms with Gasteiger partial charge in [-0.15, -0.1) is 24.8 Å². The molecule has 0 unspecified atom stereocenters. The third kappa shape index (κ3) is 7.46. The van der Waals surface area contributed by atoms with Crippen LogP contribution in [0.5, 0.6) is 0 Å². The highest BCUT2D eigenvalue weighted by Gasteiger charge is 2.08. The van der Waals surface area contributed by atoms with Gasteiger partial charge in [-0.05, 0) is 32.0 Å². The van der Waals surface area contributed by atoms with Crippen LogP contribution in [-0.4, -0.2) is 44.3 Å². The Bertz CT molecular complexity index is 340. The van der Waals surface area contributed by atoms with E-state index in [1.54, 1.807) is 0 Å². The molecule has 0 radical (unpaired) electrons. The van der Waals surface area contributed by atoms with Gasteiger partial charge in [-0.1, -0.05) is 29.8 Å². The van der Waals surface area contributed by atoms with Crippen LogP contribution in [0.2, 0.25) is 0 Å². The SMILES string of the molecule is Cc1ccc(CNCCCN2CCOCC2)cc1.Cl.Cl. The van der Waals surface area contributed by atoms with Gasteiger partial charge in [0, 0.05) is 19.6 Å². The fraction of sp³-hybridized carbons (Fsp3) is 0.600. The van der Waals surface area contributed by atoms with Gasteiger partial charge < -0.3 is 10.1 Å². The maximum absolute atomic E-state index is 5.34. The summed E-state index contributed by atoms with van der Waals surface area (Å²) in [6.07, 6.45) is 1.21. The maximum Gasteiger partial charge on any atom is 0.0594 e. The van der Waals surface area contributed by atoms with E-state index in [-0.39, 0.29) is 24.8 Å². The van der Waals surface area contributed by atoms with Crippen LogP contribution >= 0.6 is 24.8 Å². The third-order valence-electron chi connectivity index (χ3n) is 3.38. The Hall–Kier alpha value is -0.320. The summed E-state index contributed by atoms with van der Waals surface area (Å²) in [4.78, 5) is 2.48. The van der Waals surface area contributed by atoms with Gasteiger partial charge in [0.25, 0.3) is 0 Å². The molecule has 1 fully saturated rings. The number of halogens is 2. The van der Waals surface area contributed by atoms with Crippen molar-refractivity contribution in [2.45, 2.75) is 19.9 Å². The molecule has 5 heteroatoms. The highest BCUT2D eigenvalue weighted by molar-refractivity contribution is 5.85.